The Labute approximate surface area is 125 Å². The van der Waals surface area contributed by atoms with Crippen molar-refractivity contribution in [3.05, 3.63) is 36.5 Å². The van der Waals surface area contributed by atoms with Gasteiger partial charge in [-0.1, -0.05) is 20.8 Å². The van der Waals surface area contributed by atoms with E-state index in [1.807, 2.05) is 20.8 Å². The molecule has 0 aliphatic rings. The maximum absolute atomic E-state index is 12.2. The molecule has 114 valence electrons. The van der Waals surface area contributed by atoms with Crippen LogP contribution in [0, 0.1) is 5.41 Å². The number of hydrogen-bond donors (Lipinski definition) is 2. The van der Waals surface area contributed by atoms with Crippen LogP contribution in [0.2, 0.25) is 0 Å². The van der Waals surface area contributed by atoms with Crippen LogP contribution in [0.15, 0.2) is 36.5 Å². The van der Waals surface area contributed by atoms with E-state index in [2.05, 4.69) is 9.82 Å². The van der Waals surface area contributed by atoms with E-state index in [4.69, 9.17) is 5.73 Å². The highest BCUT2D eigenvalue weighted by Crippen LogP contribution is 2.20. The Hall–Kier alpha value is -2.02. The Bertz CT molecular complexity index is 712. The van der Waals surface area contributed by atoms with Gasteiger partial charge in [0.25, 0.3) is 0 Å². The molecule has 0 saturated heterocycles. The van der Waals surface area contributed by atoms with Crippen molar-refractivity contribution in [2.24, 2.45) is 5.41 Å². The Morgan fingerprint density at radius 1 is 1.19 bits per heavy atom. The highest BCUT2D eigenvalue weighted by Gasteiger charge is 2.22. The van der Waals surface area contributed by atoms with Gasteiger partial charge < -0.3 is 5.73 Å². The Balaban J connectivity index is 2.27. The van der Waals surface area contributed by atoms with Gasteiger partial charge in [-0.25, -0.2) is 13.1 Å². The minimum absolute atomic E-state index is 0.0346. The van der Waals surface area contributed by atoms with E-state index in [0.717, 1.165) is 5.69 Å². The fourth-order valence-corrected chi connectivity index (χ4v) is 3.65. The molecule has 0 aliphatic heterocycles. The lowest BCUT2D eigenvalue weighted by atomic mass is 10.0. The molecule has 2 rings (SSSR count). The summed E-state index contributed by atoms with van der Waals surface area (Å²) >= 11 is 0. The number of nitrogen functional groups attached to an aromatic ring is 1. The van der Waals surface area contributed by atoms with Crippen LogP contribution in [0.5, 0.6) is 0 Å². The average molecular weight is 308 g/mol. The third-order valence-corrected chi connectivity index (χ3v) is 4.43. The average Bonchev–Trinajstić information content (AvgIpc) is 2.74. The van der Waals surface area contributed by atoms with E-state index in [9.17, 15) is 8.42 Å². The lowest BCUT2D eigenvalue weighted by Gasteiger charge is -2.19. The first-order valence-corrected chi connectivity index (χ1v) is 8.22. The molecule has 0 radical (unpaired) electrons. The van der Waals surface area contributed by atoms with Crippen molar-refractivity contribution in [1.29, 1.82) is 0 Å². The molecular formula is C14H20N4O2S. The molecule has 0 atom stereocenters. The molecule has 0 spiro atoms. The summed E-state index contributed by atoms with van der Waals surface area (Å²) < 4.78 is 28.5. The summed E-state index contributed by atoms with van der Waals surface area (Å²) in [7, 11) is -3.44. The zero-order valence-electron chi connectivity index (χ0n) is 12.4. The van der Waals surface area contributed by atoms with Gasteiger partial charge in [-0.2, -0.15) is 5.10 Å². The molecule has 1 heterocycles. The summed E-state index contributed by atoms with van der Waals surface area (Å²) in [6.45, 7) is 5.64. The molecule has 6 nitrogen and oxygen atoms in total. The highest BCUT2D eigenvalue weighted by atomic mass is 32.2. The molecule has 1 aromatic carbocycles. The van der Waals surface area contributed by atoms with Crippen LogP contribution in [-0.4, -0.2) is 24.0 Å². The van der Waals surface area contributed by atoms with Crippen LogP contribution in [0.25, 0.3) is 5.69 Å². The fraction of sp³-hybridized carbons (Fsp3) is 0.357. The van der Waals surface area contributed by atoms with Gasteiger partial charge in [0.05, 0.1) is 17.6 Å². The second-order valence-electron chi connectivity index (χ2n) is 6.14. The number of aromatic nitrogens is 2. The first-order chi connectivity index (χ1) is 9.66. The molecular weight excluding hydrogens is 288 g/mol. The summed E-state index contributed by atoms with van der Waals surface area (Å²) in [4.78, 5) is 0. The van der Waals surface area contributed by atoms with Crippen LogP contribution in [0.4, 0.5) is 11.5 Å². The van der Waals surface area contributed by atoms with Gasteiger partial charge in [-0.15, -0.1) is 0 Å². The zero-order chi connectivity index (χ0) is 15.7. The first kappa shape index (κ1) is 15.4. The van der Waals surface area contributed by atoms with Crippen molar-refractivity contribution in [3.63, 3.8) is 0 Å². The van der Waals surface area contributed by atoms with Gasteiger partial charge in [0, 0.05) is 11.8 Å². The number of hydrogen-bond acceptors (Lipinski definition) is 4. The maximum Gasteiger partial charge on any atom is 0.234 e. The Kier molecular flexibility index (Phi) is 3.95. The summed E-state index contributed by atoms with van der Waals surface area (Å²) in [6.07, 6.45) is 1.55. The van der Waals surface area contributed by atoms with E-state index in [1.165, 1.54) is 4.68 Å². The quantitative estimate of drug-likeness (QED) is 0.848. The van der Waals surface area contributed by atoms with Crippen molar-refractivity contribution in [2.75, 3.05) is 16.2 Å². The van der Waals surface area contributed by atoms with Crippen molar-refractivity contribution < 1.29 is 8.42 Å². The predicted molar refractivity (Wildman–Crippen MR) is 84.8 cm³/mol. The van der Waals surface area contributed by atoms with Crippen molar-refractivity contribution in [1.82, 2.24) is 9.78 Å². The van der Waals surface area contributed by atoms with Gasteiger partial charge in [-0.3, -0.25) is 4.72 Å². The van der Waals surface area contributed by atoms with Crippen LogP contribution in [-0.2, 0) is 10.0 Å². The van der Waals surface area contributed by atoms with Gasteiger partial charge >= 0.3 is 0 Å². The number of anilines is 2. The van der Waals surface area contributed by atoms with Gasteiger partial charge in [0.15, 0.2) is 0 Å². The van der Waals surface area contributed by atoms with Gasteiger partial charge in [-0.05, 0) is 29.7 Å². The molecule has 1 aromatic heterocycles. The van der Waals surface area contributed by atoms with Gasteiger partial charge in [0.2, 0.25) is 10.0 Å². The molecule has 0 aliphatic carbocycles. The topological polar surface area (TPSA) is 90.0 Å². The molecule has 3 N–H and O–H groups in total. The standard InChI is InChI=1S/C14H20N4O2S/c1-14(2,3)10-21(19,20)17-13-8-9-16-18(13)12-6-4-11(15)5-7-12/h4-9,17H,10,15H2,1-3H3. The zero-order valence-corrected chi connectivity index (χ0v) is 13.2. The summed E-state index contributed by atoms with van der Waals surface area (Å²) in [6, 6.07) is 8.67. The van der Waals surface area contributed by atoms with E-state index < -0.39 is 10.0 Å². The molecule has 0 fully saturated rings. The lowest BCUT2D eigenvalue weighted by Crippen LogP contribution is -2.27. The minimum atomic E-state index is -3.44. The fourth-order valence-electron chi connectivity index (χ4n) is 1.97. The molecule has 0 unspecified atom stereocenters. The van der Waals surface area contributed by atoms with E-state index >= 15 is 0 Å². The highest BCUT2D eigenvalue weighted by molar-refractivity contribution is 7.92. The van der Waals surface area contributed by atoms with Crippen molar-refractivity contribution in [3.8, 4) is 5.69 Å². The number of nitrogens with zero attached hydrogens (tertiary/aromatic N) is 2. The van der Waals surface area contributed by atoms with Gasteiger partial charge in [0.1, 0.15) is 5.82 Å². The number of nitrogens with two attached hydrogens (primary N) is 1. The van der Waals surface area contributed by atoms with Crippen LogP contribution in [0.3, 0.4) is 0 Å². The summed E-state index contributed by atoms with van der Waals surface area (Å²) in [5.41, 5.74) is 6.70. The molecule has 21 heavy (non-hydrogen) atoms. The number of nitrogens with one attached hydrogen (secondary N) is 1. The third kappa shape index (κ3) is 4.22. The van der Waals surface area contributed by atoms with Crippen LogP contribution in [0.1, 0.15) is 20.8 Å². The van der Waals surface area contributed by atoms with Crippen molar-refractivity contribution >= 4 is 21.5 Å². The number of sulfonamides is 1. The molecule has 0 bridgehead atoms. The normalized spacial score (nSPS) is 12.3. The van der Waals surface area contributed by atoms with E-state index in [0.29, 0.717) is 11.5 Å². The second kappa shape index (κ2) is 5.40. The Morgan fingerprint density at radius 2 is 1.81 bits per heavy atom. The number of benzene rings is 1. The third-order valence-electron chi connectivity index (χ3n) is 2.66. The first-order valence-electron chi connectivity index (χ1n) is 6.57. The second-order valence-corrected chi connectivity index (χ2v) is 7.86. The summed E-state index contributed by atoms with van der Waals surface area (Å²) in [5.74, 6) is 0.441. The van der Waals surface area contributed by atoms with E-state index in [-0.39, 0.29) is 11.2 Å². The monoisotopic (exact) mass is 308 g/mol. The minimum Gasteiger partial charge on any atom is -0.399 e. The molecule has 7 heteroatoms. The molecule has 0 amide bonds. The smallest absolute Gasteiger partial charge is 0.234 e. The van der Waals surface area contributed by atoms with Crippen molar-refractivity contribution in [2.45, 2.75) is 20.8 Å². The maximum atomic E-state index is 12.2. The van der Waals surface area contributed by atoms with Crippen LogP contribution >= 0.6 is 0 Å². The summed E-state index contributed by atoms with van der Waals surface area (Å²) in [5, 5.41) is 4.15. The lowest BCUT2D eigenvalue weighted by molar-refractivity contribution is 0.463. The van der Waals surface area contributed by atoms with E-state index in [1.54, 1.807) is 36.5 Å². The largest absolute Gasteiger partial charge is 0.399 e. The molecule has 2 aromatic rings. The molecule has 0 saturated carbocycles. The number of rotatable bonds is 4. The van der Waals surface area contributed by atoms with Crippen LogP contribution < -0.4 is 10.5 Å². The SMILES string of the molecule is CC(C)(C)CS(=O)(=O)Nc1ccnn1-c1ccc(N)cc1. The predicted octanol–water partition coefficient (Wildman–Crippen LogP) is 2.24. The Morgan fingerprint density at radius 3 is 2.38 bits per heavy atom.